The molecular formula is C16H24N2O3S. The molecule has 0 radical (unpaired) electrons. The van der Waals surface area contributed by atoms with Crippen LogP contribution in [0.15, 0.2) is 0 Å². The third-order valence-corrected chi connectivity index (χ3v) is 5.28. The summed E-state index contributed by atoms with van der Waals surface area (Å²) >= 11 is 1.51. The van der Waals surface area contributed by atoms with Crippen LogP contribution in [0.1, 0.15) is 56.0 Å². The molecule has 1 aliphatic carbocycles. The van der Waals surface area contributed by atoms with Gasteiger partial charge in [-0.3, -0.25) is 10.1 Å². The SMILES string of the molecule is CCC(OC1CCCCC1)C(=O)Nc1nc2c(s1)COCC2. The first-order valence-corrected chi connectivity index (χ1v) is 9.10. The molecule has 1 aliphatic heterocycles. The van der Waals surface area contributed by atoms with E-state index in [1.165, 1.54) is 30.6 Å². The molecule has 6 heteroatoms. The molecule has 1 unspecified atom stereocenters. The molecule has 0 bridgehead atoms. The largest absolute Gasteiger partial charge is 0.375 e. The number of anilines is 1. The molecule has 1 saturated carbocycles. The van der Waals surface area contributed by atoms with Crippen LogP contribution < -0.4 is 5.32 Å². The van der Waals surface area contributed by atoms with Gasteiger partial charge in [-0.15, -0.1) is 0 Å². The van der Waals surface area contributed by atoms with Crippen molar-refractivity contribution >= 4 is 22.4 Å². The molecular weight excluding hydrogens is 300 g/mol. The highest BCUT2D eigenvalue weighted by Gasteiger charge is 2.25. The lowest BCUT2D eigenvalue weighted by molar-refractivity contribution is -0.132. The molecule has 1 amide bonds. The molecule has 1 aromatic rings. The van der Waals surface area contributed by atoms with Crippen molar-refractivity contribution < 1.29 is 14.3 Å². The van der Waals surface area contributed by atoms with Crippen molar-refractivity contribution in [1.82, 2.24) is 4.98 Å². The second-order valence-corrected chi connectivity index (χ2v) is 7.06. The molecule has 2 heterocycles. The standard InChI is InChI=1S/C16H24N2O3S/c1-2-13(21-11-6-4-3-5-7-11)15(19)18-16-17-12-8-9-20-10-14(12)22-16/h11,13H,2-10H2,1H3,(H,17,18,19). The predicted molar refractivity (Wildman–Crippen MR) is 86.1 cm³/mol. The molecule has 0 saturated heterocycles. The molecule has 1 N–H and O–H groups in total. The van der Waals surface area contributed by atoms with Gasteiger partial charge in [0.25, 0.3) is 5.91 Å². The van der Waals surface area contributed by atoms with E-state index in [2.05, 4.69) is 10.3 Å². The van der Waals surface area contributed by atoms with Crippen LogP contribution in [-0.2, 0) is 27.3 Å². The zero-order valence-corrected chi connectivity index (χ0v) is 13.9. The van der Waals surface area contributed by atoms with E-state index < -0.39 is 0 Å². The van der Waals surface area contributed by atoms with Crippen molar-refractivity contribution in [2.75, 3.05) is 11.9 Å². The van der Waals surface area contributed by atoms with Crippen molar-refractivity contribution in [3.8, 4) is 0 Å². The third-order valence-electron chi connectivity index (χ3n) is 4.30. The highest BCUT2D eigenvalue weighted by Crippen LogP contribution is 2.28. The highest BCUT2D eigenvalue weighted by atomic mass is 32.1. The number of nitrogens with zero attached hydrogens (tertiary/aromatic N) is 1. The number of aromatic nitrogens is 1. The Bertz CT molecular complexity index is 488. The minimum absolute atomic E-state index is 0.0694. The molecule has 2 aliphatic rings. The van der Waals surface area contributed by atoms with Gasteiger partial charge in [0.2, 0.25) is 0 Å². The van der Waals surface area contributed by atoms with Crippen LogP contribution in [0.2, 0.25) is 0 Å². The van der Waals surface area contributed by atoms with Crippen molar-refractivity contribution in [2.24, 2.45) is 0 Å². The van der Waals surface area contributed by atoms with Crippen LogP contribution in [0.3, 0.4) is 0 Å². The zero-order chi connectivity index (χ0) is 15.4. The summed E-state index contributed by atoms with van der Waals surface area (Å²) in [5.74, 6) is -0.0694. The Balaban J connectivity index is 1.57. The summed E-state index contributed by atoms with van der Waals surface area (Å²) in [5, 5.41) is 3.60. The number of nitrogens with one attached hydrogen (secondary N) is 1. The molecule has 5 nitrogen and oxygen atoms in total. The van der Waals surface area contributed by atoms with Gasteiger partial charge in [0, 0.05) is 6.42 Å². The summed E-state index contributed by atoms with van der Waals surface area (Å²) in [6.45, 7) is 3.32. The molecule has 0 spiro atoms. The summed E-state index contributed by atoms with van der Waals surface area (Å²) in [7, 11) is 0. The van der Waals surface area contributed by atoms with Gasteiger partial charge in [-0.1, -0.05) is 37.5 Å². The first kappa shape index (κ1) is 15.9. The average molecular weight is 324 g/mol. The fourth-order valence-corrected chi connectivity index (χ4v) is 3.99. The first-order valence-electron chi connectivity index (χ1n) is 8.29. The third kappa shape index (κ3) is 3.86. The van der Waals surface area contributed by atoms with E-state index in [-0.39, 0.29) is 18.1 Å². The van der Waals surface area contributed by atoms with E-state index in [4.69, 9.17) is 9.47 Å². The van der Waals surface area contributed by atoms with Crippen LogP contribution in [0, 0.1) is 0 Å². The Labute approximate surface area is 135 Å². The lowest BCUT2D eigenvalue weighted by Crippen LogP contribution is -2.34. The second kappa shape index (κ2) is 7.53. The molecule has 0 aromatic carbocycles. The molecule has 1 atom stereocenters. The Morgan fingerprint density at radius 3 is 3.00 bits per heavy atom. The number of amides is 1. The molecule has 3 rings (SSSR count). The van der Waals surface area contributed by atoms with Crippen molar-refractivity contribution in [3.05, 3.63) is 10.6 Å². The van der Waals surface area contributed by atoms with Crippen molar-refractivity contribution in [1.29, 1.82) is 0 Å². The van der Waals surface area contributed by atoms with Crippen LogP contribution in [-0.4, -0.2) is 29.7 Å². The Kier molecular flexibility index (Phi) is 5.44. The normalized spacial score (nSPS) is 20.4. The highest BCUT2D eigenvalue weighted by molar-refractivity contribution is 7.15. The number of hydrogen-bond acceptors (Lipinski definition) is 5. The van der Waals surface area contributed by atoms with Gasteiger partial charge in [0.05, 0.1) is 29.9 Å². The number of carbonyl (C=O) groups excluding carboxylic acids is 1. The maximum absolute atomic E-state index is 12.4. The maximum atomic E-state index is 12.4. The molecule has 1 aromatic heterocycles. The van der Waals surface area contributed by atoms with Gasteiger partial charge in [-0.2, -0.15) is 0 Å². The lowest BCUT2D eigenvalue weighted by Gasteiger charge is -2.26. The van der Waals surface area contributed by atoms with E-state index in [1.54, 1.807) is 0 Å². The summed E-state index contributed by atoms with van der Waals surface area (Å²) in [4.78, 5) is 18.1. The number of fused-ring (bicyclic) bond motifs is 1. The minimum Gasteiger partial charge on any atom is -0.375 e. The fraction of sp³-hybridized carbons (Fsp3) is 0.750. The molecule has 1 fully saturated rings. The lowest BCUT2D eigenvalue weighted by atomic mass is 9.97. The van der Waals surface area contributed by atoms with Crippen molar-refractivity contribution in [2.45, 2.75) is 70.7 Å². The van der Waals surface area contributed by atoms with Gasteiger partial charge >= 0.3 is 0 Å². The fourth-order valence-electron chi connectivity index (χ4n) is 3.04. The summed E-state index contributed by atoms with van der Waals surface area (Å²) in [6.07, 6.45) is 7.25. The van der Waals surface area contributed by atoms with E-state index >= 15 is 0 Å². The summed E-state index contributed by atoms with van der Waals surface area (Å²) in [5.41, 5.74) is 1.06. The van der Waals surface area contributed by atoms with Gasteiger partial charge in [0.15, 0.2) is 5.13 Å². The number of ether oxygens (including phenoxy) is 2. The number of thiazole rings is 1. The number of hydrogen-bond donors (Lipinski definition) is 1. The quantitative estimate of drug-likeness (QED) is 0.903. The van der Waals surface area contributed by atoms with Crippen LogP contribution >= 0.6 is 11.3 Å². The molecule has 22 heavy (non-hydrogen) atoms. The minimum atomic E-state index is -0.375. The van der Waals surface area contributed by atoms with E-state index in [0.717, 1.165) is 29.8 Å². The monoisotopic (exact) mass is 324 g/mol. The number of carbonyl (C=O) groups is 1. The molecule has 122 valence electrons. The Morgan fingerprint density at radius 2 is 2.27 bits per heavy atom. The van der Waals surface area contributed by atoms with E-state index in [1.807, 2.05) is 6.92 Å². The summed E-state index contributed by atoms with van der Waals surface area (Å²) < 4.78 is 11.4. The first-order chi connectivity index (χ1) is 10.8. The van der Waals surface area contributed by atoms with Crippen LogP contribution in [0.4, 0.5) is 5.13 Å². The van der Waals surface area contributed by atoms with Gasteiger partial charge in [-0.05, 0) is 19.3 Å². The Hall–Kier alpha value is -0.980. The number of rotatable bonds is 5. The summed E-state index contributed by atoms with van der Waals surface area (Å²) in [6, 6.07) is 0. The van der Waals surface area contributed by atoms with Crippen LogP contribution in [0.5, 0.6) is 0 Å². The van der Waals surface area contributed by atoms with Gasteiger partial charge in [-0.25, -0.2) is 4.98 Å². The topological polar surface area (TPSA) is 60.5 Å². The maximum Gasteiger partial charge on any atom is 0.255 e. The van der Waals surface area contributed by atoms with E-state index in [0.29, 0.717) is 24.8 Å². The van der Waals surface area contributed by atoms with Crippen molar-refractivity contribution in [3.63, 3.8) is 0 Å². The second-order valence-electron chi connectivity index (χ2n) is 5.97. The Morgan fingerprint density at radius 1 is 1.45 bits per heavy atom. The smallest absolute Gasteiger partial charge is 0.255 e. The van der Waals surface area contributed by atoms with Gasteiger partial charge in [0.1, 0.15) is 6.10 Å². The average Bonchev–Trinajstić information content (AvgIpc) is 2.95. The zero-order valence-electron chi connectivity index (χ0n) is 13.1. The van der Waals surface area contributed by atoms with Gasteiger partial charge < -0.3 is 9.47 Å². The predicted octanol–water partition coefficient (Wildman–Crippen LogP) is 3.28. The van der Waals surface area contributed by atoms with Crippen LogP contribution in [0.25, 0.3) is 0 Å². The van der Waals surface area contributed by atoms with E-state index in [9.17, 15) is 4.79 Å².